The summed E-state index contributed by atoms with van der Waals surface area (Å²) in [5.41, 5.74) is 1.25. The monoisotopic (exact) mass is 278 g/mol. The summed E-state index contributed by atoms with van der Waals surface area (Å²) in [7, 11) is 1.52. The van der Waals surface area contributed by atoms with E-state index >= 15 is 0 Å². The average Bonchev–Trinajstić information content (AvgIpc) is 2.39. The number of anilines is 1. The minimum absolute atomic E-state index is 0.309. The van der Waals surface area contributed by atoms with Crippen molar-refractivity contribution in [2.24, 2.45) is 0 Å². The van der Waals surface area contributed by atoms with E-state index in [1.54, 1.807) is 24.3 Å². The second-order valence-electron chi connectivity index (χ2n) is 3.71. The first-order valence-corrected chi connectivity index (χ1v) is 5.62. The fourth-order valence-electron chi connectivity index (χ4n) is 1.38. The van der Waals surface area contributed by atoms with Crippen molar-refractivity contribution in [1.29, 1.82) is 0 Å². The number of carbonyl (C=O) groups is 3. The van der Waals surface area contributed by atoms with Gasteiger partial charge in [-0.05, 0) is 6.07 Å². The van der Waals surface area contributed by atoms with Crippen LogP contribution in [0.4, 0.5) is 10.5 Å². The molecule has 3 N–H and O–H groups in total. The van der Waals surface area contributed by atoms with Gasteiger partial charge in [0.25, 0.3) is 5.91 Å². The van der Waals surface area contributed by atoms with Crippen molar-refractivity contribution in [2.45, 2.75) is 6.61 Å². The van der Waals surface area contributed by atoms with Crippen molar-refractivity contribution < 1.29 is 24.2 Å². The van der Waals surface area contributed by atoms with Crippen molar-refractivity contribution in [2.75, 3.05) is 12.4 Å². The van der Waals surface area contributed by atoms with Crippen molar-refractivity contribution in [3.8, 4) is 0 Å². The third-order valence-corrected chi connectivity index (χ3v) is 2.18. The summed E-state index contributed by atoms with van der Waals surface area (Å²) in [5, 5.41) is 12.8. The number of benzene rings is 1. The van der Waals surface area contributed by atoms with Gasteiger partial charge >= 0.3 is 12.0 Å². The fourth-order valence-corrected chi connectivity index (χ4v) is 1.38. The van der Waals surface area contributed by atoms with Crippen LogP contribution in [0.15, 0.2) is 36.4 Å². The number of para-hydroxylation sites is 1. The van der Waals surface area contributed by atoms with Gasteiger partial charge in [0.15, 0.2) is 0 Å². The first-order chi connectivity index (χ1) is 9.52. The standard InChI is InChI=1S/C13H14N2O5/c1-20-8-9-4-2-3-5-10(9)14-13(19)15-11(16)6-7-12(17)18/h2-7H,8H2,1H3,(H,17,18)(H2,14,15,16,19). The van der Waals surface area contributed by atoms with Crippen LogP contribution in [0, 0.1) is 0 Å². The summed E-state index contributed by atoms with van der Waals surface area (Å²) in [6.45, 7) is 0.309. The van der Waals surface area contributed by atoms with Gasteiger partial charge in [0.2, 0.25) is 0 Å². The number of carboxylic acids is 1. The summed E-state index contributed by atoms with van der Waals surface area (Å²) in [5.74, 6) is -2.10. The van der Waals surface area contributed by atoms with E-state index in [0.29, 0.717) is 18.4 Å². The number of ether oxygens (including phenoxy) is 1. The maximum absolute atomic E-state index is 11.6. The maximum atomic E-state index is 11.6. The lowest BCUT2D eigenvalue weighted by Gasteiger charge is -2.10. The normalized spacial score (nSPS) is 10.2. The first kappa shape index (κ1) is 15.4. The minimum atomic E-state index is -1.27. The predicted octanol–water partition coefficient (Wildman–Crippen LogP) is 1.12. The van der Waals surface area contributed by atoms with Crippen molar-refractivity contribution in [3.05, 3.63) is 42.0 Å². The molecule has 20 heavy (non-hydrogen) atoms. The molecule has 0 aliphatic carbocycles. The molecule has 0 bridgehead atoms. The van der Waals surface area contributed by atoms with Gasteiger partial charge in [-0.1, -0.05) is 18.2 Å². The number of urea groups is 1. The molecular weight excluding hydrogens is 264 g/mol. The van der Waals surface area contributed by atoms with E-state index in [1.165, 1.54) is 7.11 Å². The Morgan fingerprint density at radius 1 is 1.25 bits per heavy atom. The van der Waals surface area contributed by atoms with Crippen LogP contribution in [0.1, 0.15) is 5.56 Å². The van der Waals surface area contributed by atoms with E-state index in [-0.39, 0.29) is 0 Å². The zero-order valence-electron chi connectivity index (χ0n) is 10.8. The van der Waals surface area contributed by atoms with E-state index in [2.05, 4.69) is 5.32 Å². The molecule has 0 aromatic heterocycles. The summed E-state index contributed by atoms with van der Waals surface area (Å²) in [6.07, 6.45) is 1.39. The van der Waals surface area contributed by atoms with Gasteiger partial charge in [0.05, 0.1) is 6.61 Å². The van der Waals surface area contributed by atoms with Crippen LogP contribution >= 0.6 is 0 Å². The van der Waals surface area contributed by atoms with Crippen LogP contribution < -0.4 is 10.6 Å². The summed E-state index contributed by atoms with van der Waals surface area (Å²) in [6, 6.07) is 6.18. The molecule has 7 nitrogen and oxygen atoms in total. The van der Waals surface area contributed by atoms with E-state index in [9.17, 15) is 14.4 Å². The van der Waals surface area contributed by atoms with Gasteiger partial charge in [-0.3, -0.25) is 10.1 Å². The van der Waals surface area contributed by atoms with Gasteiger partial charge in [-0.25, -0.2) is 9.59 Å². The number of carboxylic acid groups (broad SMARTS) is 1. The summed E-state index contributed by atoms with van der Waals surface area (Å²) >= 11 is 0. The second kappa shape index (κ2) is 7.70. The number of carbonyl (C=O) groups excluding carboxylic acids is 2. The number of imide groups is 1. The molecule has 0 heterocycles. The van der Waals surface area contributed by atoms with Crippen LogP contribution in [0.2, 0.25) is 0 Å². The fraction of sp³-hybridized carbons (Fsp3) is 0.154. The quantitative estimate of drug-likeness (QED) is 0.700. The van der Waals surface area contributed by atoms with Crippen molar-refractivity contribution in [1.82, 2.24) is 5.32 Å². The molecule has 3 amide bonds. The Bertz CT molecular complexity index is 539. The van der Waals surface area contributed by atoms with Gasteiger partial charge in [-0.2, -0.15) is 0 Å². The smallest absolute Gasteiger partial charge is 0.328 e. The van der Waals surface area contributed by atoms with E-state index in [4.69, 9.17) is 9.84 Å². The number of amides is 3. The molecule has 106 valence electrons. The zero-order valence-corrected chi connectivity index (χ0v) is 10.8. The van der Waals surface area contributed by atoms with Crippen LogP contribution in [0.5, 0.6) is 0 Å². The number of hydrogen-bond donors (Lipinski definition) is 3. The second-order valence-corrected chi connectivity index (χ2v) is 3.71. The third kappa shape index (κ3) is 5.32. The molecule has 0 fully saturated rings. The molecule has 0 unspecified atom stereocenters. The van der Waals surface area contributed by atoms with Crippen molar-refractivity contribution >= 4 is 23.6 Å². The Morgan fingerprint density at radius 3 is 2.60 bits per heavy atom. The lowest BCUT2D eigenvalue weighted by Crippen LogP contribution is -2.33. The van der Waals surface area contributed by atoms with Gasteiger partial charge < -0.3 is 15.2 Å². The number of nitrogens with one attached hydrogen (secondary N) is 2. The third-order valence-electron chi connectivity index (χ3n) is 2.18. The molecule has 1 rings (SSSR count). The Balaban J connectivity index is 2.62. The molecule has 0 atom stereocenters. The molecule has 0 saturated carbocycles. The molecule has 1 aromatic rings. The Kier molecular flexibility index (Phi) is 5.92. The number of rotatable bonds is 5. The molecule has 0 aliphatic rings. The summed E-state index contributed by atoms with van der Waals surface area (Å²) < 4.78 is 4.98. The Hall–Kier alpha value is -2.67. The van der Waals surface area contributed by atoms with Crippen LogP contribution in [0.3, 0.4) is 0 Å². The highest BCUT2D eigenvalue weighted by molar-refractivity contribution is 6.06. The van der Waals surface area contributed by atoms with Gasteiger partial charge in [0, 0.05) is 30.5 Å². The van der Waals surface area contributed by atoms with Crippen molar-refractivity contribution in [3.63, 3.8) is 0 Å². The highest BCUT2D eigenvalue weighted by Crippen LogP contribution is 2.15. The molecule has 0 spiro atoms. The van der Waals surface area contributed by atoms with E-state index < -0.39 is 17.9 Å². The lowest BCUT2D eigenvalue weighted by molar-refractivity contribution is -0.131. The Morgan fingerprint density at radius 2 is 1.95 bits per heavy atom. The molecular formula is C13H14N2O5. The average molecular weight is 278 g/mol. The predicted molar refractivity (Wildman–Crippen MR) is 71.1 cm³/mol. The highest BCUT2D eigenvalue weighted by atomic mass is 16.5. The first-order valence-electron chi connectivity index (χ1n) is 5.62. The minimum Gasteiger partial charge on any atom is -0.478 e. The topological polar surface area (TPSA) is 105 Å². The zero-order chi connectivity index (χ0) is 15.0. The molecule has 0 radical (unpaired) electrons. The maximum Gasteiger partial charge on any atom is 0.328 e. The van der Waals surface area contributed by atoms with Gasteiger partial charge in [-0.15, -0.1) is 0 Å². The van der Waals surface area contributed by atoms with E-state index in [0.717, 1.165) is 11.6 Å². The Labute approximate surface area is 115 Å². The highest BCUT2D eigenvalue weighted by Gasteiger charge is 2.08. The lowest BCUT2D eigenvalue weighted by atomic mass is 10.2. The van der Waals surface area contributed by atoms with Crippen LogP contribution in [0.25, 0.3) is 0 Å². The molecule has 0 saturated heterocycles. The molecule has 0 aliphatic heterocycles. The number of aliphatic carboxylic acids is 1. The molecule has 1 aromatic carbocycles. The van der Waals surface area contributed by atoms with Crippen LogP contribution in [-0.4, -0.2) is 30.1 Å². The van der Waals surface area contributed by atoms with Crippen LogP contribution in [-0.2, 0) is 20.9 Å². The summed E-state index contributed by atoms with van der Waals surface area (Å²) in [4.78, 5) is 33.0. The molecule has 7 heteroatoms. The van der Waals surface area contributed by atoms with Gasteiger partial charge in [0.1, 0.15) is 0 Å². The largest absolute Gasteiger partial charge is 0.478 e. The number of hydrogen-bond acceptors (Lipinski definition) is 4. The number of methoxy groups -OCH3 is 1. The SMILES string of the molecule is COCc1ccccc1NC(=O)NC(=O)C=CC(=O)O. The van der Waals surface area contributed by atoms with E-state index in [1.807, 2.05) is 5.32 Å².